The van der Waals surface area contributed by atoms with Gasteiger partial charge >= 0.3 is 0 Å². The van der Waals surface area contributed by atoms with Gasteiger partial charge in [0, 0.05) is 13.1 Å². The fourth-order valence-electron chi connectivity index (χ4n) is 2.72. The van der Waals surface area contributed by atoms with Gasteiger partial charge < -0.3 is 14.8 Å². The fraction of sp³-hybridized carbons (Fsp3) is 0.533. The summed E-state index contributed by atoms with van der Waals surface area (Å²) in [4.78, 5) is 13.8. The van der Waals surface area contributed by atoms with Gasteiger partial charge in [0.1, 0.15) is 0 Å². The zero-order valence-electron chi connectivity index (χ0n) is 12.3. The Balaban J connectivity index is 2.19. The molecule has 0 radical (unpaired) electrons. The van der Waals surface area contributed by atoms with Gasteiger partial charge in [0.2, 0.25) is 5.91 Å². The van der Waals surface area contributed by atoms with E-state index < -0.39 is 0 Å². The van der Waals surface area contributed by atoms with E-state index >= 15 is 0 Å². The van der Waals surface area contributed by atoms with Crippen LogP contribution >= 0.6 is 0 Å². The molecule has 1 atom stereocenters. The Bertz CT molecular complexity index is 476. The van der Waals surface area contributed by atoms with Crippen molar-refractivity contribution in [2.24, 2.45) is 0 Å². The topological polar surface area (TPSA) is 50.8 Å². The van der Waals surface area contributed by atoms with Gasteiger partial charge in [-0.1, -0.05) is 6.07 Å². The maximum Gasteiger partial charge on any atom is 0.233 e. The SMILES string of the molecule is CNC(=O)CN1CCCC1c1ccc(OC)c(OC)c1. The summed E-state index contributed by atoms with van der Waals surface area (Å²) in [6, 6.07) is 6.25. The number of amides is 1. The molecule has 1 unspecified atom stereocenters. The van der Waals surface area contributed by atoms with Gasteiger partial charge in [-0.2, -0.15) is 0 Å². The Morgan fingerprint density at radius 2 is 2.10 bits per heavy atom. The van der Waals surface area contributed by atoms with Crippen molar-refractivity contribution in [1.82, 2.24) is 10.2 Å². The summed E-state index contributed by atoms with van der Waals surface area (Å²) in [5.41, 5.74) is 1.17. The van der Waals surface area contributed by atoms with Crippen LogP contribution in [0.5, 0.6) is 11.5 Å². The highest BCUT2D eigenvalue weighted by Crippen LogP contribution is 2.36. The first-order valence-electron chi connectivity index (χ1n) is 6.86. The molecule has 1 aromatic rings. The minimum absolute atomic E-state index is 0.0531. The molecule has 0 aromatic heterocycles. The number of benzene rings is 1. The number of rotatable bonds is 5. The fourth-order valence-corrected chi connectivity index (χ4v) is 2.72. The van der Waals surface area contributed by atoms with E-state index in [1.807, 2.05) is 18.2 Å². The van der Waals surface area contributed by atoms with Crippen molar-refractivity contribution >= 4 is 5.91 Å². The van der Waals surface area contributed by atoms with Crippen LogP contribution in [0.25, 0.3) is 0 Å². The lowest BCUT2D eigenvalue weighted by atomic mass is 10.0. The lowest BCUT2D eigenvalue weighted by Crippen LogP contribution is -2.35. The molecular formula is C15H22N2O3. The minimum Gasteiger partial charge on any atom is -0.493 e. The van der Waals surface area contributed by atoms with Gasteiger partial charge in [-0.05, 0) is 37.1 Å². The van der Waals surface area contributed by atoms with Crippen molar-refractivity contribution in [3.8, 4) is 11.5 Å². The monoisotopic (exact) mass is 278 g/mol. The highest BCUT2D eigenvalue weighted by molar-refractivity contribution is 5.77. The normalized spacial score (nSPS) is 18.9. The van der Waals surface area contributed by atoms with Crippen molar-refractivity contribution in [1.29, 1.82) is 0 Å². The lowest BCUT2D eigenvalue weighted by Gasteiger charge is -2.24. The molecule has 1 heterocycles. The minimum atomic E-state index is 0.0531. The van der Waals surface area contributed by atoms with Crippen LogP contribution in [0, 0.1) is 0 Å². The van der Waals surface area contributed by atoms with Gasteiger partial charge in [0.25, 0.3) is 0 Å². The first-order valence-corrected chi connectivity index (χ1v) is 6.86. The molecule has 0 bridgehead atoms. The van der Waals surface area contributed by atoms with E-state index in [-0.39, 0.29) is 11.9 Å². The molecule has 1 saturated heterocycles. The number of carbonyl (C=O) groups excluding carboxylic acids is 1. The second-order valence-corrected chi connectivity index (χ2v) is 4.92. The van der Waals surface area contributed by atoms with Gasteiger partial charge in [0.15, 0.2) is 11.5 Å². The first-order chi connectivity index (χ1) is 9.69. The Kier molecular flexibility index (Phi) is 4.84. The zero-order valence-corrected chi connectivity index (χ0v) is 12.3. The molecule has 1 aliphatic heterocycles. The molecule has 0 aliphatic carbocycles. The first kappa shape index (κ1) is 14.7. The van der Waals surface area contributed by atoms with Crippen molar-refractivity contribution in [3.63, 3.8) is 0 Å². The summed E-state index contributed by atoms with van der Waals surface area (Å²) >= 11 is 0. The van der Waals surface area contributed by atoms with Crippen LogP contribution < -0.4 is 14.8 Å². The van der Waals surface area contributed by atoms with Crippen molar-refractivity contribution in [3.05, 3.63) is 23.8 Å². The third kappa shape index (κ3) is 3.04. The molecular weight excluding hydrogens is 256 g/mol. The summed E-state index contributed by atoms with van der Waals surface area (Å²) in [6.07, 6.45) is 2.17. The number of hydrogen-bond donors (Lipinski definition) is 1. The van der Waals surface area contributed by atoms with Gasteiger partial charge in [0.05, 0.1) is 20.8 Å². The molecule has 5 heteroatoms. The zero-order chi connectivity index (χ0) is 14.5. The lowest BCUT2D eigenvalue weighted by molar-refractivity contribution is -0.122. The third-order valence-corrected chi connectivity index (χ3v) is 3.78. The Morgan fingerprint density at radius 3 is 2.75 bits per heavy atom. The van der Waals surface area contributed by atoms with Crippen LogP contribution in [-0.2, 0) is 4.79 Å². The van der Waals surface area contributed by atoms with Gasteiger partial charge in [-0.25, -0.2) is 0 Å². The highest BCUT2D eigenvalue weighted by Gasteiger charge is 2.27. The van der Waals surface area contributed by atoms with E-state index in [9.17, 15) is 4.79 Å². The number of nitrogens with one attached hydrogen (secondary N) is 1. The van der Waals surface area contributed by atoms with E-state index in [0.717, 1.165) is 30.9 Å². The number of nitrogens with zero attached hydrogens (tertiary/aromatic N) is 1. The summed E-state index contributed by atoms with van der Waals surface area (Å²) in [5.74, 6) is 1.52. The van der Waals surface area contributed by atoms with Crippen LogP contribution in [-0.4, -0.2) is 45.2 Å². The maximum atomic E-state index is 11.6. The van der Waals surface area contributed by atoms with Crippen molar-refractivity contribution in [2.45, 2.75) is 18.9 Å². The Labute approximate surface area is 119 Å². The van der Waals surface area contributed by atoms with Crippen LogP contribution in [0.2, 0.25) is 0 Å². The standard InChI is InChI=1S/C15H22N2O3/c1-16-15(18)10-17-8-4-5-12(17)11-6-7-13(19-2)14(9-11)20-3/h6-7,9,12H,4-5,8,10H2,1-3H3,(H,16,18). The van der Waals surface area contributed by atoms with Crippen LogP contribution in [0.3, 0.4) is 0 Å². The summed E-state index contributed by atoms with van der Waals surface area (Å²) in [6.45, 7) is 1.39. The van der Waals surface area contributed by atoms with E-state index in [2.05, 4.69) is 10.2 Å². The number of likely N-dealkylation sites (N-methyl/N-ethyl adjacent to an activating group) is 1. The van der Waals surface area contributed by atoms with E-state index in [1.54, 1.807) is 21.3 Å². The number of carbonyl (C=O) groups is 1. The van der Waals surface area contributed by atoms with Crippen LogP contribution in [0.4, 0.5) is 0 Å². The van der Waals surface area contributed by atoms with E-state index in [1.165, 1.54) is 5.56 Å². The summed E-state index contributed by atoms with van der Waals surface area (Å²) in [7, 11) is 4.94. The molecule has 2 rings (SSSR count). The number of methoxy groups -OCH3 is 2. The smallest absolute Gasteiger partial charge is 0.233 e. The largest absolute Gasteiger partial charge is 0.493 e. The Hall–Kier alpha value is -1.75. The molecule has 1 aromatic carbocycles. The molecule has 20 heavy (non-hydrogen) atoms. The molecule has 0 spiro atoms. The second-order valence-electron chi connectivity index (χ2n) is 4.92. The molecule has 1 amide bonds. The molecule has 0 saturated carbocycles. The summed E-state index contributed by atoms with van der Waals surface area (Å²) in [5, 5.41) is 2.68. The van der Waals surface area contributed by atoms with Gasteiger partial charge in [-0.3, -0.25) is 9.69 Å². The molecule has 5 nitrogen and oxygen atoms in total. The second kappa shape index (κ2) is 6.61. The predicted molar refractivity (Wildman–Crippen MR) is 77.2 cm³/mol. The predicted octanol–water partition coefficient (Wildman–Crippen LogP) is 1.59. The Morgan fingerprint density at radius 1 is 1.35 bits per heavy atom. The average molecular weight is 278 g/mol. The van der Waals surface area contributed by atoms with Crippen LogP contribution in [0.1, 0.15) is 24.4 Å². The number of ether oxygens (including phenoxy) is 2. The van der Waals surface area contributed by atoms with Gasteiger partial charge in [-0.15, -0.1) is 0 Å². The maximum absolute atomic E-state index is 11.6. The van der Waals surface area contributed by atoms with Crippen molar-refractivity contribution in [2.75, 3.05) is 34.4 Å². The molecule has 1 fully saturated rings. The number of hydrogen-bond acceptors (Lipinski definition) is 4. The van der Waals surface area contributed by atoms with E-state index in [4.69, 9.17) is 9.47 Å². The van der Waals surface area contributed by atoms with Crippen molar-refractivity contribution < 1.29 is 14.3 Å². The third-order valence-electron chi connectivity index (χ3n) is 3.78. The molecule has 1 aliphatic rings. The summed E-state index contributed by atoms with van der Waals surface area (Å²) < 4.78 is 10.6. The quantitative estimate of drug-likeness (QED) is 0.888. The highest BCUT2D eigenvalue weighted by atomic mass is 16.5. The number of likely N-dealkylation sites (tertiary alicyclic amines) is 1. The van der Waals surface area contributed by atoms with E-state index in [0.29, 0.717) is 6.54 Å². The molecule has 1 N–H and O–H groups in total. The molecule has 110 valence electrons. The average Bonchev–Trinajstić information content (AvgIpc) is 2.94. The van der Waals surface area contributed by atoms with Crippen LogP contribution in [0.15, 0.2) is 18.2 Å².